The molecule has 9 heteroatoms. The lowest BCUT2D eigenvalue weighted by Crippen LogP contribution is -2.22. The first-order chi connectivity index (χ1) is 11.0. The molecule has 23 heavy (non-hydrogen) atoms. The van der Waals surface area contributed by atoms with Crippen LogP contribution >= 0.6 is 11.6 Å². The van der Waals surface area contributed by atoms with Crippen LogP contribution in [-0.4, -0.2) is 28.0 Å². The Kier molecular flexibility index (Phi) is 4.16. The van der Waals surface area contributed by atoms with E-state index in [1.807, 2.05) is 4.90 Å². The number of anilines is 4. The van der Waals surface area contributed by atoms with Gasteiger partial charge in [0.1, 0.15) is 0 Å². The van der Waals surface area contributed by atoms with Crippen LogP contribution in [0.15, 0.2) is 24.3 Å². The van der Waals surface area contributed by atoms with Crippen molar-refractivity contribution >= 4 is 40.6 Å². The Bertz CT molecular complexity index is 731. The van der Waals surface area contributed by atoms with Gasteiger partial charge in [0.2, 0.25) is 17.6 Å². The first-order valence-corrected chi connectivity index (χ1v) is 7.52. The molecule has 0 bridgehead atoms. The quantitative estimate of drug-likeness (QED) is 0.653. The Morgan fingerprint density at radius 2 is 1.87 bits per heavy atom. The van der Waals surface area contributed by atoms with Gasteiger partial charge in [0, 0.05) is 23.8 Å². The van der Waals surface area contributed by atoms with Gasteiger partial charge in [-0.05, 0) is 37.1 Å². The number of aromatic nitrogens is 2. The van der Waals surface area contributed by atoms with Gasteiger partial charge >= 0.3 is 5.69 Å². The fourth-order valence-electron chi connectivity index (χ4n) is 2.46. The van der Waals surface area contributed by atoms with Crippen LogP contribution in [0.4, 0.5) is 29.0 Å². The molecule has 0 radical (unpaired) electrons. The number of hydrogen-bond acceptors (Lipinski definition) is 7. The molecule has 0 aliphatic carbocycles. The average Bonchev–Trinajstić information content (AvgIpc) is 3.03. The van der Waals surface area contributed by atoms with Gasteiger partial charge in [-0.3, -0.25) is 10.1 Å². The maximum Gasteiger partial charge on any atom is 0.353 e. The van der Waals surface area contributed by atoms with Gasteiger partial charge < -0.3 is 16.0 Å². The van der Waals surface area contributed by atoms with E-state index in [1.165, 1.54) is 0 Å². The van der Waals surface area contributed by atoms with Gasteiger partial charge in [-0.15, -0.1) is 0 Å². The summed E-state index contributed by atoms with van der Waals surface area (Å²) >= 11 is 5.84. The molecule has 2 heterocycles. The van der Waals surface area contributed by atoms with E-state index in [9.17, 15) is 10.1 Å². The van der Waals surface area contributed by atoms with Crippen LogP contribution < -0.4 is 16.0 Å². The van der Waals surface area contributed by atoms with Crippen molar-refractivity contribution in [3.05, 3.63) is 39.4 Å². The fourth-order valence-corrected chi connectivity index (χ4v) is 2.58. The molecular formula is C14H15ClN6O2. The summed E-state index contributed by atoms with van der Waals surface area (Å²) in [6.45, 7) is 1.63. The highest BCUT2D eigenvalue weighted by molar-refractivity contribution is 6.30. The summed E-state index contributed by atoms with van der Waals surface area (Å²) in [6, 6.07) is 6.78. The topological polar surface area (TPSA) is 110 Å². The van der Waals surface area contributed by atoms with Crippen LogP contribution in [0.2, 0.25) is 5.02 Å². The van der Waals surface area contributed by atoms with Crippen LogP contribution in [0, 0.1) is 10.1 Å². The Morgan fingerprint density at radius 3 is 2.48 bits per heavy atom. The summed E-state index contributed by atoms with van der Waals surface area (Å²) < 4.78 is 0. The van der Waals surface area contributed by atoms with Crippen molar-refractivity contribution in [2.24, 2.45) is 0 Å². The van der Waals surface area contributed by atoms with E-state index in [4.69, 9.17) is 17.3 Å². The standard InChI is InChI=1S/C14H15ClN6O2/c15-9-3-5-10(6-4-9)17-13-11(21(22)23)12(16)18-14(19-13)20-7-1-2-8-20/h3-6H,1-2,7-8H2,(H3,16,17,18,19). The van der Waals surface area contributed by atoms with Crippen LogP contribution in [0.25, 0.3) is 0 Å². The average molecular weight is 335 g/mol. The molecule has 1 fully saturated rings. The smallest absolute Gasteiger partial charge is 0.353 e. The molecule has 0 unspecified atom stereocenters. The summed E-state index contributed by atoms with van der Waals surface area (Å²) in [5.41, 5.74) is 6.09. The minimum atomic E-state index is -0.582. The van der Waals surface area contributed by atoms with E-state index in [2.05, 4.69) is 15.3 Å². The molecule has 3 N–H and O–H groups in total. The van der Waals surface area contributed by atoms with Crippen molar-refractivity contribution < 1.29 is 4.92 Å². The number of nitrogens with zero attached hydrogens (tertiary/aromatic N) is 4. The zero-order valence-corrected chi connectivity index (χ0v) is 13.0. The fraction of sp³-hybridized carbons (Fsp3) is 0.286. The van der Waals surface area contributed by atoms with E-state index in [1.54, 1.807) is 24.3 Å². The van der Waals surface area contributed by atoms with E-state index in [0.29, 0.717) is 16.7 Å². The van der Waals surface area contributed by atoms with Gasteiger partial charge in [0.15, 0.2) is 0 Å². The predicted molar refractivity (Wildman–Crippen MR) is 89.3 cm³/mol. The molecule has 1 aromatic carbocycles. The van der Waals surface area contributed by atoms with Gasteiger partial charge in [0.25, 0.3) is 0 Å². The number of nitrogens with two attached hydrogens (primary N) is 1. The predicted octanol–water partition coefficient (Wildman–Crippen LogP) is 2.96. The molecule has 3 rings (SSSR count). The third kappa shape index (κ3) is 3.26. The van der Waals surface area contributed by atoms with E-state index in [0.717, 1.165) is 25.9 Å². The van der Waals surface area contributed by atoms with Crippen LogP contribution in [0.5, 0.6) is 0 Å². The normalized spacial score (nSPS) is 14.0. The second kappa shape index (κ2) is 6.25. The molecule has 0 atom stereocenters. The highest BCUT2D eigenvalue weighted by Crippen LogP contribution is 2.33. The van der Waals surface area contributed by atoms with E-state index in [-0.39, 0.29) is 17.3 Å². The zero-order valence-electron chi connectivity index (χ0n) is 12.2. The lowest BCUT2D eigenvalue weighted by molar-refractivity contribution is -0.383. The number of nitrogens with one attached hydrogen (secondary N) is 1. The van der Waals surface area contributed by atoms with Crippen molar-refractivity contribution in [2.45, 2.75) is 12.8 Å². The number of benzene rings is 1. The van der Waals surface area contributed by atoms with Crippen molar-refractivity contribution in [1.29, 1.82) is 0 Å². The molecule has 2 aromatic rings. The van der Waals surface area contributed by atoms with Crippen molar-refractivity contribution in [3.8, 4) is 0 Å². The number of rotatable bonds is 4. The monoisotopic (exact) mass is 334 g/mol. The summed E-state index contributed by atoms with van der Waals surface area (Å²) in [5.74, 6) is 0.331. The molecule has 0 amide bonds. The minimum absolute atomic E-state index is 0.0757. The largest absolute Gasteiger partial charge is 0.378 e. The van der Waals surface area contributed by atoms with E-state index >= 15 is 0 Å². The maximum absolute atomic E-state index is 11.3. The molecule has 1 aromatic heterocycles. The molecular weight excluding hydrogens is 320 g/mol. The van der Waals surface area contributed by atoms with Gasteiger partial charge in [-0.1, -0.05) is 11.6 Å². The number of nitrogen functional groups attached to an aromatic ring is 1. The van der Waals surface area contributed by atoms with Crippen LogP contribution in [0.1, 0.15) is 12.8 Å². The molecule has 0 saturated carbocycles. The summed E-state index contributed by atoms with van der Waals surface area (Å²) in [4.78, 5) is 21.1. The first-order valence-electron chi connectivity index (χ1n) is 7.14. The Hall–Kier alpha value is -2.61. The highest BCUT2D eigenvalue weighted by atomic mass is 35.5. The summed E-state index contributed by atoms with van der Waals surface area (Å²) in [6.07, 6.45) is 2.08. The maximum atomic E-state index is 11.3. The molecule has 1 saturated heterocycles. The third-order valence-corrected chi connectivity index (χ3v) is 3.83. The van der Waals surface area contributed by atoms with Gasteiger partial charge in [0.05, 0.1) is 4.92 Å². The van der Waals surface area contributed by atoms with Crippen LogP contribution in [-0.2, 0) is 0 Å². The number of halogens is 1. The minimum Gasteiger partial charge on any atom is -0.378 e. The van der Waals surface area contributed by atoms with E-state index < -0.39 is 4.92 Å². The van der Waals surface area contributed by atoms with Crippen LogP contribution in [0.3, 0.4) is 0 Å². The molecule has 120 valence electrons. The van der Waals surface area contributed by atoms with Crippen molar-refractivity contribution in [1.82, 2.24) is 9.97 Å². The SMILES string of the molecule is Nc1nc(N2CCCC2)nc(Nc2ccc(Cl)cc2)c1[N+](=O)[O-]. The first kappa shape index (κ1) is 15.3. The number of hydrogen-bond donors (Lipinski definition) is 2. The van der Waals surface area contributed by atoms with Crippen molar-refractivity contribution in [3.63, 3.8) is 0 Å². The van der Waals surface area contributed by atoms with Gasteiger partial charge in [-0.2, -0.15) is 9.97 Å². The molecule has 1 aliphatic heterocycles. The lowest BCUT2D eigenvalue weighted by atomic mass is 10.3. The van der Waals surface area contributed by atoms with Crippen molar-refractivity contribution in [2.75, 3.05) is 29.0 Å². The summed E-state index contributed by atoms with van der Waals surface area (Å²) in [5, 5.41) is 14.8. The highest BCUT2D eigenvalue weighted by Gasteiger charge is 2.26. The Balaban J connectivity index is 2.00. The second-order valence-corrected chi connectivity index (χ2v) is 5.63. The Morgan fingerprint density at radius 1 is 1.22 bits per heavy atom. The second-order valence-electron chi connectivity index (χ2n) is 5.19. The molecule has 8 nitrogen and oxygen atoms in total. The van der Waals surface area contributed by atoms with Gasteiger partial charge in [-0.25, -0.2) is 0 Å². The zero-order chi connectivity index (χ0) is 16.4. The lowest BCUT2D eigenvalue weighted by Gasteiger charge is -2.17. The molecule has 1 aliphatic rings. The third-order valence-electron chi connectivity index (χ3n) is 3.58. The molecule has 0 spiro atoms. The number of nitro groups is 1. The summed E-state index contributed by atoms with van der Waals surface area (Å²) in [7, 11) is 0. The Labute approximate surface area is 137 Å².